The van der Waals surface area contributed by atoms with E-state index in [1.165, 1.54) is 0 Å². The molecular formula is C29H34N4O5S. The van der Waals surface area contributed by atoms with Crippen LogP contribution in [0.5, 0.6) is 5.75 Å². The van der Waals surface area contributed by atoms with Gasteiger partial charge in [-0.25, -0.2) is 23.2 Å². The fourth-order valence-corrected chi connectivity index (χ4v) is 6.41. The predicted octanol–water partition coefficient (Wildman–Crippen LogP) is 4.75. The van der Waals surface area contributed by atoms with Gasteiger partial charge < -0.3 is 14.4 Å². The van der Waals surface area contributed by atoms with Crippen molar-refractivity contribution in [3.05, 3.63) is 71.8 Å². The van der Waals surface area contributed by atoms with Crippen LogP contribution in [0, 0.1) is 0 Å². The van der Waals surface area contributed by atoms with E-state index in [4.69, 9.17) is 9.47 Å². The van der Waals surface area contributed by atoms with Crippen molar-refractivity contribution in [3.8, 4) is 17.1 Å². The van der Waals surface area contributed by atoms with Gasteiger partial charge in [0.15, 0.2) is 15.7 Å². The van der Waals surface area contributed by atoms with Crippen LogP contribution in [0.15, 0.2) is 55.0 Å². The molecule has 206 valence electrons. The number of fused-ring (bicyclic) bond motifs is 1. The third kappa shape index (κ3) is 6.73. The summed E-state index contributed by atoms with van der Waals surface area (Å²) in [5.41, 5.74) is 2.23. The number of carbonyl (C=O) groups excluding carboxylic acids is 1. The van der Waals surface area contributed by atoms with Gasteiger partial charge in [-0.15, -0.1) is 0 Å². The molecule has 0 radical (unpaired) electrons. The molecular weight excluding hydrogens is 516 g/mol. The van der Waals surface area contributed by atoms with Crippen molar-refractivity contribution >= 4 is 15.9 Å². The molecule has 1 spiro atoms. The summed E-state index contributed by atoms with van der Waals surface area (Å²) in [7, 11) is -3.40. The molecule has 1 aromatic carbocycles. The Kier molecular flexibility index (Phi) is 7.33. The van der Waals surface area contributed by atoms with Gasteiger partial charge in [-0.1, -0.05) is 6.07 Å². The van der Waals surface area contributed by atoms with E-state index in [0.29, 0.717) is 30.2 Å². The molecule has 5 rings (SSSR count). The highest BCUT2D eigenvalue weighted by molar-refractivity contribution is 7.89. The Bertz CT molecular complexity index is 1430. The van der Waals surface area contributed by atoms with Crippen LogP contribution in [0.2, 0.25) is 0 Å². The van der Waals surface area contributed by atoms with Crippen LogP contribution in [0.1, 0.15) is 56.9 Å². The fraction of sp³-hybridized carbons (Fsp3) is 0.448. The van der Waals surface area contributed by atoms with Crippen molar-refractivity contribution < 1.29 is 22.7 Å². The Morgan fingerprint density at radius 3 is 2.44 bits per heavy atom. The first-order valence-corrected chi connectivity index (χ1v) is 15.0. The van der Waals surface area contributed by atoms with Gasteiger partial charge in [0.1, 0.15) is 17.0 Å². The van der Waals surface area contributed by atoms with Gasteiger partial charge in [0.25, 0.3) is 0 Å². The minimum Gasteiger partial charge on any atom is -0.487 e. The number of hydrogen-bond acceptors (Lipinski definition) is 8. The molecule has 10 heteroatoms. The predicted molar refractivity (Wildman–Crippen MR) is 147 cm³/mol. The maximum atomic E-state index is 12.6. The van der Waals surface area contributed by atoms with Crippen molar-refractivity contribution in [1.82, 2.24) is 19.9 Å². The topological polar surface area (TPSA) is 112 Å². The molecule has 3 aromatic rings. The SMILES string of the molecule is CC(C)(C)OC(=O)N1CCC2(CCc3cc(-c4ncc(CS(=O)(=O)Cc5ccccn5)cn4)ccc3O2)CC1. The van der Waals surface area contributed by atoms with Gasteiger partial charge in [-0.3, -0.25) is 4.98 Å². The van der Waals surface area contributed by atoms with Gasteiger partial charge in [-0.2, -0.15) is 0 Å². The van der Waals surface area contributed by atoms with Crippen LogP contribution in [-0.4, -0.2) is 58.7 Å². The van der Waals surface area contributed by atoms with Gasteiger partial charge in [-0.05, 0) is 69.5 Å². The molecule has 0 aliphatic carbocycles. The number of sulfone groups is 1. The number of pyridine rings is 1. The molecule has 2 aromatic heterocycles. The normalized spacial score (nSPS) is 16.8. The molecule has 1 saturated heterocycles. The molecule has 39 heavy (non-hydrogen) atoms. The monoisotopic (exact) mass is 550 g/mol. The number of carbonyl (C=O) groups is 1. The first-order chi connectivity index (χ1) is 18.5. The zero-order valence-corrected chi connectivity index (χ0v) is 23.4. The lowest BCUT2D eigenvalue weighted by molar-refractivity contribution is -0.0272. The second kappa shape index (κ2) is 10.6. The van der Waals surface area contributed by atoms with E-state index in [1.54, 1.807) is 41.7 Å². The number of ether oxygens (including phenoxy) is 2. The van der Waals surface area contributed by atoms with Crippen molar-refractivity contribution in [2.75, 3.05) is 13.1 Å². The number of nitrogens with zero attached hydrogens (tertiary/aromatic N) is 4. The Balaban J connectivity index is 1.21. The second-order valence-electron chi connectivity index (χ2n) is 11.3. The highest BCUT2D eigenvalue weighted by atomic mass is 32.2. The van der Waals surface area contributed by atoms with E-state index >= 15 is 0 Å². The lowest BCUT2D eigenvalue weighted by Crippen LogP contribution is -2.52. The first kappa shape index (κ1) is 27.1. The van der Waals surface area contributed by atoms with Crippen molar-refractivity contribution in [1.29, 1.82) is 0 Å². The van der Waals surface area contributed by atoms with E-state index in [-0.39, 0.29) is 23.2 Å². The summed E-state index contributed by atoms with van der Waals surface area (Å²) in [6, 6.07) is 11.2. The van der Waals surface area contributed by atoms with Crippen LogP contribution >= 0.6 is 0 Å². The highest BCUT2D eigenvalue weighted by Crippen LogP contribution is 2.40. The van der Waals surface area contributed by atoms with E-state index in [1.807, 2.05) is 39.0 Å². The summed E-state index contributed by atoms with van der Waals surface area (Å²) < 4.78 is 37.2. The number of aromatic nitrogens is 3. The molecule has 4 heterocycles. The Hall–Kier alpha value is -3.53. The summed E-state index contributed by atoms with van der Waals surface area (Å²) in [4.78, 5) is 27.2. The van der Waals surface area contributed by atoms with Crippen molar-refractivity contribution in [2.24, 2.45) is 0 Å². The Morgan fingerprint density at radius 2 is 1.77 bits per heavy atom. The zero-order chi connectivity index (χ0) is 27.7. The lowest BCUT2D eigenvalue weighted by atomic mass is 9.83. The minimum absolute atomic E-state index is 0.124. The van der Waals surface area contributed by atoms with Gasteiger partial charge in [0.2, 0.25) is 0 Å². The van der Waals surface area contributed by atoms with Crippen LogP contribution in [0.3, 0.4) is 0 Å². The second-order valence-corrected chi connectivity index (χ2v) is 13.4. The average Bonchev–Trinajstić information content (AvgIpc) is 2.88. The molecule has 1 fully saturated rings. The fourth-order valence-electron chi connectivity index (χ4n) is 5.03. The number of hydrogen-bond donors (Lipinski definition) is 0. The van der Waals surface area contributed by atoms with Gasteiger partial charge in [0.05, 0.1) is 17.2 Å². The molecule has 9 nitrogen and oxygen atoms in total. The molecule has 0 atom stereocenters. The highest BCUT2D eigenvalue weighted by Gasteiger charge is 2.41. The Morgan fingerprint density at radius 1 is 1.03 bits per heavy atom. The number of amides is 1. The van der Waals surface area contributed by atoms with E-state index in [9.17, 15) is 13.2 Å². The summed E-state index contributed by atoms with van der Waals surface area (Å²) in [6.07, 6.45) is 7.72. The quantitative estimate of drug-likeness (QED) is 0.448. The van der Waals surface area contributed by atoms with E-state index in [0.717, 1.165) is 42.6 Å². The van der Waals surface area contributed by atoms with Crippen LogP contribution in [-0.2, 0) is 32.5 Å². The maximum absolute atomic E-state index is 12.6. The standard InChI is InChI=1S/C29H34N4O5S/c1-28(2,3)38-27(34)33-14-11-29(12-15-33)10-9-22-16-23(7-8-25(22)37-29)26-31-17-21(18-32-26)19-39(35,36)20-24-6-4-5-13-30-24/h4-8,13,16-18H,9-12,14-15,19-20H2,1-3H3. The van der Waals surface area contributed by atoms with Gasteiger partial charge >= 0.3 is 6.09 Å². The molecule has 1 amide bonds. The first-order valence-electron chi connectivity index (χ1n) is 13.2. The molecule has 2 aliphatic rings. The molecule has 0 bridgehead atoms. The zero-order valence-electron chi connectivity index (χ0n) is 22.6. The van der Waals surface area contributed by atoms with Crippen molar-refractivity contribution in [3.63, 3.8) is 0 Å². The van der Waals surface area contributed by atoms with Gasteiger partial charge in [0, 0.05) is 55.6 Å². The van der Waals surface area contributed by atoms with Crippen LogP contribution in [0.4, 0.5) is 4.79 Å². The van der Waals surface area contributed by atoms with Crippen LogP contribution < -0.4 is 4.74 Å². The molecule has 0 saturated carbocycles. The number of piperidine rings is 1. The molecule has 2 aliphatic heterocycles. The maximum Gasteiger partial charge on any atom is 0.410 e. The third-order valence-corrected chi connectivity index (χ3v) is 8.52. The number of benzene rings is 1. The van der Waals surface area contributed by atoms with E-state index in [2.05, 4.69) is 15.0 Å². The Labute approximate surface area is 229 Å². The summed E-state index contributed by atoms with van der Waals surface area (Å²) in [6.45, 7) is 6.85. The molecule has 0 unspecified atom stereocenters. The van der Waals surface area contributed by atoms with E-state index < -0.39 is 15.4 Å². The summed E-state index contributed by atoms with van der Waals surface area (Å²) in [5.74, 6) is 1.12. The molecule has 0 N–H and O–H groups in total. The number of likely N-dealkylation sites (tertiary alicyclic amines) is 1. The average molecular weight is 551 g/mol. The third-order valence-electron chi connectivity index (χ3n) is 7.01. The smallest absolute Gasteiger partial charge is 0.410 e. The lowest BCUT2D eigenvalue weighted by Gasteiger charge is -2.44. The number of rotatable bonds is 5. The van der Waals surface area contributed by atoms with Crippen molar-refractivity contribution in [2.45, 2.75) is 69.2 Å². The number of aryl methyl sites for hydroxylation is 1. The summed E-state index contributed by atoms with van der Waals surface area (Å²) >= 11 is 0. The van der Waals surface area contributed by atoms with Crippen LogP contribution in [0.25, 0.3) is 11.4 Å². The largest absolute Gasteiger partial charge is 0.487 e. The minimum atomic E-state index is -3.40. The summed E-state index contributed by atoms with van der Waals surface area (Å²) in [5, 5.41) is 0.